The molecule has 1 heterocycles. The molecule has 1 saturated heterocycles. The van der Waals surface area contributed by atoms with Crippen LogP contribution in [0.15, 0.2) is 0 Å². The molecule has 0 aromatic carbocycles. The molecule has 0 N–H and O–H groups in total. The van der Waals surface area contributed by atoms with E-state index in [1.54, 1.807) is 11.4 Å². The van der Waals surface area contributed by atoms with Crippen molar-refractivity contribution in [2.45, 2.75) is 12.5 Å². The van der Waals surface area contributed by atoms with E-state index in [1.165, 1.54) is 0 Å². The summed E-state index contributed by atoms with van der Waals surface area (Å²) < 4.78 is 7.78. The maximum Gasteiger partial charge on any atom is 0.189 e. The van der Waals surface area contributed by atoms with Crippen molar-refractivity contribution >= 4 is 28.8 Å². The maximum absolute atomic E-state index is 5.66. The predicted octanol–water partition coefficient (Wildman–Crippen LogP) is 1.93. The molecule has 0 saturated carbocycles. The van der Waals surface area contributed by atoms with Gasteiger partial charge in [0.15, 0.2) is 5.62 Å². The van der Waals surface area contributed by atoms with E-state index in [-0.39, 0.29) is 6.10 Å². The minimum absolute atomic E-state index is 0.0699. The Kier molecular flexibility index (Phi) is 3.63. The molecular formula is C7H12NOPS2. The molecule has 0 aromatic heterocycles. The monoisotopic (exact) mass is 221 g/mol. The summed E-state index contributed by atoms with van der Waals surface area (Å²) in [6.45, 7) is 0.951. The van der Waals surface area contributed by atoms with Crippen LogP contribution in [0, 0.1) is 12.3 Å². The Morgan fingerprint density at radius 1 is 1.83 bits per heavy atom. The highest BCUT2D eigenvalue weighted by Crippen LogP contribution is 2.63. The Morgan fingerprint density at radius 3 is 3.00 bits per heavy atom. The normalized spacial score (nSPS) is 37.6. The van der Waals surface area contributed by atoms with Crippen molar-refractivity contribution in [2.24, 2.45) is 0 Å². The van der Waals surface area contributed by atoms with Crippen LogP contribution in [-0.2, 0) is 16.3 Å². The van der Waals surface area contributed by atoms with Gasteiger partial charge in [-0.2, -0.15) is 0 Å². The topological polar surface area (TPSA) is 12.5 Å². The van der Waals surface area contributed by atoms with Crippen LogP contribution >= 0.6 is 17.0 Å². The van der Waals surface area contributed by atoms with E-state index in [2.05, 4.69) is 10.6 Å². The standard InChI is InChI=1S/C7H12NOPS2/c1-4-7-5-6-8(2)10(11,9-7)12-3/h1,7H,5-6H2,2-3H3. The highest BCUT2D eigenvalue weighted by Gasteiger charge is 2.31. The van der Waals surface area contributed by atoms with Crippen LogP contribution in [0.3, 0.4) is 0 Å². The lowest BCUT2D eigenvalue weighted by molar-refractivity contribution is 0.215. The van der Waals surface area contributed by atoms with Crippen LogP contribution in [0.4, 0.5) is 0 Å². The lowest BCUT2D eigenvalue weighted by atomic mass is 10.3. The fourth-order valence-electron chi connectivity index (χ4n) is 1.02. The number of hydrogen-bond acceptors (Lipinski definition) is 3. The Balaban J connectivity index is 2.73. The smallest absolute Gasteiger partial charge is 0.189 e. The Labute approximate surface area is 82.9 Å². The number of rotatable bonds is 1. The molecule has 12 heavy (non-hydrogen) atoms. The van der Waals surface area contributed by atoms with Crippen LogP contribution in [0.1, 0.15) is 6.42 Å². The second kappa shape index (κ2) is 4.13. The van der Waals surface area contributed by atoms with Crippen molar-refractivity contribution in [1.29, 1.82) is 0 Å². The maximum atomic E-state index is 5.66. The van der Waals surface area contributed by atoms with E-state index in [9.17, 15) is 0 Å². The summed E-state index contributed by atoms with van der Waals surface area (Å²) in [5.41, 5.74) is -1.82. The molecule has 0 amide bonds. The molecule has 1 fully saturated rings. The molecule has 0 aromatic rings. The van der Waals surface area contributed by atoms with E-state index < -0.39 is 5.62 Å². The van der Waals surface area contributed by atoms with E-state index in [0.29, 0.717) is 0 Å². The third-order valence-electron chi connectivity index (χ3n) is 1.81. The van der Waals surface area contributed by atoms with E-state index >= 15 is 0 Å². The van der Waals surface area contributed by atoms with Gasteiger partial charge < -0.3 is 4.52 Å². The first kappa shape index (κ1) is 10.6. The number of nitrogens with zero attached hydrogens (tertiary/aromatic N) is 1. The van der Waals surface area contributed by atoms with E-state index in [4.69, 9.17) is 22.8 Å². The van der Waals surface area contributed by atoms with Crippen LogP contribution in [-0.4, -0.2) is 30.6 Å². The third-order valence-corrected chi connectivity index (χ3v) is 8.74. The lowest BCUT2D eigenvalue weighted by Crippen LogP contribution is -2.28. The fourth-order valence-corrected chi connectivity index (χ4v) is 4.60. The summed E-state index contributed by atoms with van der Waals surface area (Å²) in [5, 5.41) is 0. The van der Waals surface area contributed by atoms with Gasteiger partial charge in [-0.15, -0.1) is 6.42 Å². The second-order valence-electron chi connectivity index (χ2n) is 2.58. The highest BCUT2D eigenvalue weighted by atomic mass is 32.9. The van der Waals surface area contributed by atoms with Gasteiger partial charge in [0.05, 0.1) is 0 Å². The average molecular weight is 221 g/mol. The van der Waals surface area contributed by atoms with Crippen LogP contribution in [0.5, 0.6) is 0 Å². The summed E-state index contributed by atoms with van der Waals surface area (Å²) >= 11 is 7.01. The molecule has 2 nitrogen and oxygen atoms in total. The van der Waals surface area contributed by atoms with Crippen molar-refractivity contribution in [2.75, 3.05) is 19.8 Å². The average Bonchev–Trinajstić information content (AvgIpc) is 2.10. The fraction of sp³-hybridized carbons (Fsp3) is 0.714. The van der Waals surface area contributed by atoms with Crippen LogP contribution < -0.4 is 0 Å². The molecule has 68 valence electrons. The van der Waals surface area contributed by atoms with E-state index in [1.807, 2.05) is 13.3 Å². The molecule has 1 aliphatic rings. The SMILES string of the molecule is C#CC1CCN(C)P(=S)(SC)O1. The molecule has 0 radical (unpaired) electrons. The minimum atomic E-state index is -1.82. The van der Waals surface area contributed by atoms with Gasteiger partial charge in [-0.25, -0.2) is 4.67 Å². The Morgan fingerprint density at radius 2 is 2.50 bits per heavy atom. The quantitative estimate of drug-likeness (QED) is 0.495. The highest BCUT2D eigenvalue weighted by molar-refractivity contribution is 8.68. The van der Waals surface area contributed by atoms with E-state index in [0.717, 1.165) is 13.0 Å². The summed E-state index contributed by atoms with van der Waals surface area (Å²) in [5.74, 6) is 2.61. The summed E-state index contributed by atoms with van der Waals surface area (Å²) in [6.07, 6.45) is 8.10. The molecule has 2 atom stereocenters. The molecule has 5 heteroatoms. The van der Waals surface area contributed by atoms with Gasteiger partial charge in [-0.1, -0.05) is 17.3 Å². The minimum Gasteiger partial charge on any atom is -0.314 e. The zero-order valence-electron chi connectivity index (χ0n) is 7.19. The van der Waals surface area contributed by atoms with Gasteiger partial charge in [0.2, 0.25) is 0 Å². The first-order chi connectivity index (χ1) is 5.62. The number of terminal acetylenes is 1. The molecule has 2 unspecified atom stereocenters. The van der Waals surface area contributed by atoms with Crippen molar-refractivity contribution in [1.82, 2.24) is 4.67 Å². The van der Waals surface area contributed by atoms with Gasteiger partial charge >= 0.3 is 0 Å². The Bertz CT molecular complexity index is 250. The van der Waals surface area contributed by atoms with Crippen molar-refractivity contribution in [3.63, 3.8) is 0 Å². The summed E-state index contributed by atoms with van der Waals surface area (Å²) in [7, 11) is 2.00. The summed E-state index contributed by atoms with van der Waals surface area (Å²) in [4.78, 5) is 0. The first-order valence-electron chi connectivity index (χ1n) is 3.64. The predicted molar refractivity (Wildman–Crippen MR) is 58.8 cm³/mol. The van der Waals surface area contributed by atoms with Gasteiger partial charge in [-0.3, -0.25) is 0 Å². The van der Waals surface area contributed by atoms with Gasteiger partial charge in [0.1, 0.15) is 6.10 Å². The van der Waals surface area contributed by atoms with Gasteiger partial charge in [0.25, 0.3) is 0 Å². The second-order valence-corrected chi connectivity index (χ2v) is 9.54. The zero-order chi connectivity index (χ0) is 9.19. The van der Waals surface area contributed by atoms with Crippen molar-refractivity contribution in [3.8, 4) is 12.3 Å². The van der Waals surface area contributed by atoms with Crippen molar-refractivity contribution < 1.29 is 4.52 Å². The Hall–Kier alpha value is 0.480. The summed E-state index contributed by atoms with van der Waals surface area (Å²) in [6, 6.07) is 0. The van der Waals surface area contributed by atoms with Gasteiger partial charge in [-0.05, 0) is 31.5 Å². The van der Waals surface area contributed by atoms with Crippen LogP contribution in [0.2, 0.25) is 0 Å². The lowest BCUT2D eigenvalue weighted by Gasteiger charge is -2.36. The molecular weight excluding hydrogens is 209 g/mol. The largest absolute Gasteiger partial charge is 0.314 e. The molecule has 0 bridgehead atoms. The number of hydrogen-bond donors (Lipinski definition) is 0. The third kappa shape index (κ3) is 2.04. The van der Waals surface area contributed by atoms with Gasteiger partial charge in [0, 0.05) is 6.54 Å². The van der Waals surface area contributed by atoms with Crippen LogP contribution in [0.25, 0.3) is 0 Å². The molecule has 1 aliphatic heterocycles. The molecule has 1 rings (SSSR count). The molecule has 0 aliphatic carbocycles. The first-order valence-corrected chi connectivity index (χ1v) is 8.14. The molecule has 0 spiro atoms. The zero-order valence-corrected chi connectivity index (χ0v) is 9.72. The van der Waals surface area contributed by atoms with Crippen molar-refractivity contribution in [3.05, 3.63) is 0 Å².